The van der Waals surface area contributed by atoms with E-state index in [0.29, 0.717) is 16.8 Å². The van der Waals surface area contributed by atoms with Gasteiger partial charge in [0.2, 0.25) is 5.78 Å². The van der Waals surface area contributed by atoms with E-state index in [2.05, 4.69) is 10.6 Å². The van der Waals surface area contributed by atoms with Crippen LogP contribution in [0.5, 0.6) is 0 Å². The molecule has 0 aromatic heterocycles. The SMILES string of the molecule is Cc1cccc2c1NC(=O)C2=C1Nc2ccccc2C1=O. The number of Topliss-reactive ketones (excluding diaryl/α,β-unsaturated/α-hetero) is 1. The molecular formula is C17H12N2O2. The quantitative estimate of drug-likeness (QED) is 0.727. The van der Waals surface area contributed by atoms with E-state index in [4.69, 9.17) is 0 Å². The fourth-order valence-electron chi connectivity index (χ4n) is 2.88. The van der Waals surface area contributed by atoms with Crippen LogP contribution in [0.1, 0.15) is 21.5 Å². The van der Waals surface area contributed by atoms with Gasteiger partial charge in [-0.05, 0) is 24.6 Å². The largest absolute Gasteiger partial charge is 0.351 e. The molecule has 0 saturated heterocycles. The number of carbonyl (C=O) groups excluding carboxylic acids is 2. The fourth-order valence-corrected chi connectivity index (χ4v) is 2.88. The Labute approximate surface area is 121 Å². The number of anilines is 2. The maximum absolute atomic E-state index is 12.5. The van der Waals surface area contributed by atoms with Crippen LogP contribution in [0.4, 0.5) is 11.4 Å². The minimum atomic E-state index is -0.233. The van der Waals surface area contributed by atoms with Crippen LogP contribution in [0.25, 0.3) is 5.57 Å². The monoisotopic (exact) mass is 276 g/mol. The van der Waals surface area contributed by atoms with Crippen molar-refractivity contribution >= 4 is 28.6 Å². The number of nitrogens with one attached hydrogen (secondary N) is 2. The predicted molar refractivity (Wildman–Crippen MR) is 81.1 cm³/mol. The van der Waals surface area contributed by atoms with Crippen molar-refractivity contribution in [2.75, 3.05) is 10.6 Å². The summed E-state index contributed by atoms with van der Waals surface area (Å²) in [5, 5.41) is 5.94. The molecule has 4 nitrogen and oxygen atoms in total. The van der Waals surface area contributed by atoms with Gasteiger partial charge in [-0.2, -0.15) is 0 Å². The van der Waals surface area contributed by atoms with Gasteiger partial charge in [0.25, 0.3) is 5.91 Å². The lowest BCUT2D eigenvalue weighted by Crippen LogP contribution is -2.11. The molecule has 0 unspecified atom stereocenters. The van der Waals surface area contributed by atoms with Crippen molar-refractivity contribution in [2.45, 2.75) is 6.92 Å². The van der Waals surface area contributed by atoms with E-state index in [-0.39, 0.29) is 11.7 Å². The summed E-state index contributed by atoms with van der Waals surface area (Å²) in [6, 6.07) is 13.0. The molecule has 0 fully saturated rings. The number of allylic oxidation sites excluding steroid dienone is 1. The summed E-state index contributed by atoms with van der Waals surface area (Å²) >= 11 is 0. The first-order valence-corrected chi connectivity index (χ1v) is 6.73. The molecule has 2 aliphatic heterocycles. The zero-order valence-electron chi connectivity index (χ0n) is 11.4. The molecule has 0 saturated carbocycles. The van der Waals surface area contributed by atoms with Crippen LogP contribution >= 0.6 is 0 Å². The van der Waals surface area contributed by atoms with Crippen LogP contribution in [-0.2, 0) is 4.79 Å². The minimum Gasteiger partial charge on any atom is -0.351 e. The third-order valence-electron chi connectivity index (χ3n) is 3.92. The van der Waals surface area contributed by atoms with Crippen molar-refractivity contribution in [3.05, 3.63) is 64.9 Å². The highest BCUT2D eigenvalue weighted by Gasteiger charge is 2.35. The number of fused-ring (bicyclic) bond motifs is 2. The van der Waals surface area contributed by atoms with Gasteiger partial charge in [-0.1, -0.05) is 30.3 Å². The van der Waals surface area contributed by atoms with Crippen LogP contribution in [0.3, 0.4) is 0 Å². The molecule has 2 aromatic rings. The maximum Gasteiger partial charge on any atom is 0.258 e. The zero-order chi connectivity index (χ0) is 14.6. The first kappa shape index (κ1) is 11.9. The van der Waals surface area contributed by atoms with Crippen molar-refractivity contribution in [2.24, 2.45) is 0 Å². The Kier molecular flexibility index (Phi) is 2.30. The lowest BCUT2D eigenvalue weighted by molar-refractivity contribution is -0.110. The molecule has 2 aliphatic rings. The molecule has 0 aliphatic carbocycles. The Hall–Kier alpha value is -2.88. The van der Waals surface area contributed by atoms with Gasteiger partial charge in [0.1, 0.15) is 5.70 Å². The number of aryl methyl sites for hydroxylation is 1. The number of amides is 1. The maximum atomic E-state index is 12.5. The Bertz CT molecular complexity index is 850. The summed E-state index contributed by atoms with van der Waals surface area (Å²) in [5.74, 6) is -0.368. The second-order valence-electron chi connectivity index (χ2n) is 5.20. The molecule has 102 valence electrons. The van der Waals surface area contributed by atoms with Gasteiger partial charge >= 0.3 is 0 Å². The predicted octanol–water partition coefficient (Wildman–Crippen LogP) is 2.97. The van der Waals surface area contributed by atoms with Crippen molar-refractivity contribution in [3.8, 4) is 0 Å². The van der Waals surface area contributed by atoms with E-state index in [0.717, 1.165) is 22.5 Å². The van der Waals surface area contributed by atoms with Crippen LogP contribution in [-0.4, -0.2) is 11.7 Å². The number of para-hydroxylation sites is 2. The number of hydrogen-bond donors (Lipinski definition) is 2. The Morgan fingerprint density at radius 2 is 1.62 bits per heavy atom. The standard InChI is InChI=1S/C17H12N2O2/c1-9-5-4-7-11-13(17(21)19-14(9)11)15-16(20)10-6-2-3-8-12(10)18-15/h2-8,18H,1H3,(H,19,21). The zero-order valence-corrected chi connectivity index (χ0v) is 11.4. The summed E-state index contributed by atoms with van der Waals surface area (Å²) in [6.07, 6.45) is 0. The van der Waals surface area contributed by atoms with E-state index in [1.807, 2.05) is 43.3 Å². The molecule has 2 N–H and O–H groups in total. The molecule has 0 bridgehead atoms. The lowest BCUT2D eigenvalue weighted by atomic mass is 10.0. The van der Waals surface area contributed by atoms with E-state index in [1.54, 1.807) is 6.07 Å². The highest BCUT2D eigenvalue weighted by molar-refractivity contribution is 6.39. The third kappa shape index (κ3) is 1.56. The molecular weight excluding hydrogens is 264 g/mol. The molecule has 4 rings (SSSR count). The Morgan fingerprint density at radius 1 is 0.857 bits per heavy atom. The van der Waals surface area contributed by atoms with Crippen molar-refractivity contribution in [1.82, 2.24) is 0 Å². The van der Waals surface area contributed by atoms with E-state index < -0.39 is 0 Å². The molecule has 2 aromatic carbocycles. The number of rotatable bonds is 0. The molecule has 0 radical (unpaired) electrons. The summed E-state index contributed by atoms with van der Waals surface area (Å²) in [4.78, 5) is 24.8. The summed E-state index contributed by atoms with van der Waals surface area (Å²) < 4.78 is 0. The number of hydrogen-bond acceptors (Lipinski definition) is 3. The normalized spacial score (nSPS) is 19.1. The van der Waals surface area contributed by atoms with E-state index in [1.165, 1.54) is 0 Å². The van der Waals surface area contributed by atoms with Gasteiger partial charge in [0.05, 0.1) is 11.3 Å². The van der Waals surface area contributed by atoms with E-state index in [9.17, 15) is 9.59 Å². The summed E-state index contributed by atoms with van der Waals surface area (Å²) in [6.45, 7) is 1.94. The average molecular weight is 276 g/mol. The molecule has 1 amide bonds. The van der Waals surface area contributed by atoms with Gasteiger partial charge in [0, 0.05) is 16.8 Å². The van der Waals surface area contributed by atoms with Crippen LogP contribution < -0.4 is 10.6 Å². The third-order valence-corrected chi connectivity index (χ3v) is 3.92. The van der Waals surface area contributed by atoms with Gasteiger partial charge < -0.3 is 10.6 Å². The second-order valence-corrected chi connectivity index (χ2v) is 5.20. The van der Waals surface area contributed by atoms with Gasteiger partial charge in [-0.3, -0.25) is 9.59 Å². The highest BCUT2D eigenvalue weighted by atomic mass is 16.2. The molecule has 0 spiro atoms. The topological polar surface area (TPSA) is 58.2 Å². The first-order chi connectivity index (χ1) is 10.2. The highest BCUT2D eigenvalue weighted by Crippen LogP contribution is 2.39. The van der Waals surface area contributed by atoms with Gasteiger partial charge in [-0.15, -0.1) is 0 Å². The number of benzene rings is 2. The van der Waals surface area contributed by atoms with Crippen LogP contribution in [0, 0.1) is 6.92 Å². The molecule has 21 heavy (non-hydrogen) atoms. The van der Waals surface area contributed by atoms with Crippen LogP contribution in [0.2, 0.25) is 0 Å². The summed E-state index contributed by atoms with van der Waals surface area (Å²) in [5.41, 5.74) is 4.69. The Morgan fingerprint density at radius 3 is 2.43 bits per heavy atom. The van der Waals surface area contributed by atoms with Gasteiger partial charge in [0.15, 0.2) is 0 Å². The molecule has 2 heterocycles. The molecule has 0 atom stereocenters. The van der Waals surface area contributed by atoms with Gasteiger partial charge in [-0.25, -0.2) is 0 Å². The van der Waals surface area contributed by atoms with E-state index >= 15 is 0 Å². The van der Waals surface area contributed by atoms with Crippen molar-refractivity contribution < 1.29 is 9.59 Å². The first-order valence-electron chi connectivity index (χ1n) is 6.73. The number of ketones is 1. The van der Waals surface area contributed by atoms with Crippen LogP contribution in [0.15, 0.2) is 48.2 Å². The minimum absolute atomic E-state index is 0.134. The smallest absolute Gasteiger partial charge is 0.258 e. The second kappa shape index (κ2) is 4.06. The van der Waals surface area contributed by atoms with Crippen molar-refractivity contribution in [3.63, 3.8) is 0 Å². The number of carbonyl (C=O) groups is 2. The Balaban J connectivity index is 1.95. The molecule has 4 heteroatoms. The van der Waals surface area contributed by atoms with Crippen molar-refractivity contribution in [1.29, 1.82) is 0 Å². The summed E-state index contributed by atoms with van der Waals surface area (Å²) in [7, 11) is 0. The lowest BCUT2D eigenvalue weighted by Gasteiger charge is -2.04. The fraction of sp³-hybridized carbons (Fsp3) is 0.0588. The average Bonchev–Trinajstić information content (AvgIpc) is 2.98.